The number of aromatic hydroxyl groups is 1. The molecule has 0 atom stereocenters. The summed E-state index contributed by atoms with van der Waals surface area (Å²) in [5, 5.41) is 14.3. The monoisotopic (exact) mass is 569 g/mol. The Morgan fingerprint density at radius 1 is 1.06 bits per heavy atom. The third-order valence-corrected chi connectivity index (χ3v) is 7.46. The molecule has 0 fully saturated rings. The van der Waals surface area contributed by atoms with Gasteiger partial charge in [-0.05, 0) is 48.0 Å². The number of rotatable bonds is 8. The number of carbonyl (C=O) groups is 1. The zero-order chi connectivity index (χ0) is 24.0. The van der Waals surface area contributed by atoms with Crippen LogP contribution in [-0.2, 0) is 21.4 Å². The second kappa shape index (κ2) is 11.1. The van der Waals surface area contributed by atoms with Gasteiger partial charge in [0.2, 0.25) is 10.0 Å². The summed E-state index contributed by atoms with van der Waals surface area (Å²) in [6, 6.07) is 17.3. The van der Waals surface area contributed by atoms with Crippen LogP contribution >= 0.6 is 39.1 Å². The Balaban J connectivity index is 1.81. The number of carbonyl (C=O) groups excluding carboxylic acids is 1. The van der Waals surface area contributed by atoms with Crippen LogP contribution in [0.3, 0.4) is 0 Å². The summed E-state index contributed by atoms with van der Waals surface area (Å²) in [7, 11) is -4.01. The molecule has 0 aliphatic rings. The van der Waals surface area contributed by atoms with Gasteiger partial charge in [-0.1, -0.05) is 63.4 Å². The molecule has 0 aliphatic heterocycles. The molecular weight excluding hydrogens is 553 g/mol. The van der Waals surface area contributed by atoms with E-state index in [4.69, 9.17) is 23.2 Å². The maximum absolute atomic E-state index is 13.2. The summed E-state index contributed by atoms with van der Waals surface area (Å²) < 4.78 is 28.2. The Morgan fingerprint density at radius 2 is 1.79 bits per heavy atom. The van der Waals surface area contributed by atoms with Crippen LogP contribution in [0.15, 0.2) is 81.2 Å². The van der Waals surface area contributed by atoms with Gasteiger partial charge in [-0.2, -0.15) is 9.41 Å². The quantitative estimate of drug-likeness (QED) is 0.300. The summed E-state index contributed by atoms with van der Waals surface area (Å²) in [6.07, 6.45) is 1.26. The van der Waals surface area contributed by atoms with Gasteiger partial charge in [0.15, 0.2) is 0 Å². The molecule has 11 heteroatoms. The summed E-state index contributed by atoms with van der Waals surface area (Å²) in [5.74, 6) is -0.690. The molecule has 1 amide bonds. The van der Waals surface area contributed by atoms with Gasteiger partial charge in [0, 0.05) is 16.6 Å². The number of phenolic OH excluding ortho intramolecular Hbond substituents is 1. The molecule has 0 saturated carbocycles. The Labute approximate surface area is 209 Å². The molecule has 7 nitrogen and oxygen atoms in total. The molecule has 2 N–H and O–H groups in total. The first kappa shape index (κ1) is 25.2. The van der Waals surface area contributed by atoms with Crippen LogP contribution < -0.4 is 5.43 Å². The van der Waals surface area contributed by atoms with Crippen molar-refractivity contribution in [2.75, 3.05) is 6.54 Å². The van der Waals surface area contributed by atoms with Crippen molar-refractivity contribution in [1.82, 2.24) is 9.73 Å². The Hall–Kier alpha value is -2.43. The van der Waals surface area contributed by atoms with Crippen LogP contribution in [0, 0.1) is 0 Å². The van der Waals surface area contributed by atoms with Crippen molar-refractivity contribution in [2.45, 2.75) is 11.4 Å². The summed E-state index contributed by atoms with van der Waals surface area (Å²) in [6.45, 7) is -0.614. The first-order valence-corrected chi connectivity index (χ1v) is 12.5. The molecule has 172 valence electrons. The van der Waals surface area contributed by atoms with Gasteiger partial charge in [0.05, 0.1) is 27.7 Å². The second-order valence-electron chi connectivity index (χ2n) is 6.83. The van der Waals surface area contributed by atoms with E-state index in [0.29, 0.717) is 16.1 Å². The predicted octanol–water partition coefficient (Wildman–Crippen LogP) is 4.80. The molecule has 0 aromatic heterocycles. The van der Waals surface area contributed by atoms with E-state index in [9.17, 15) is 18.3 Å². The molecule has 0 bridgehead atoms. The minimum absolute atomic E-state index is 0.0240. The minimum Gasteiger partial charge on any atom is -0.507 e. The van der Waals surface area contributed by atoms with E-state index in [1.165, 1.54) is 24.4 Å². The lowest BCUT2D eigenvalue weighted by Gasteiger charge is -2.21. The van der Waals surface area contributed by atoms with Crippen molar-refractivity contribution in [2.24, 2.45) is 5.10 Å². The molecule has 0 spiro atoms. The topological polar surface area (TPSA) is 99.1 Å². The Bertz CT molecular complexity index is 1290. The SMILES string of the molecule is O=C(CN(Cc1ccc(Cl)c(Cl)c1)S(=O)(=O)c1ccccc1)N/N=C\c1cc(Br)ccc1O. The average molecular weight is 571 g/mol. The first-order valence-electron chi connectivity index (χ1n) is 9.46. The van der Waals surface area contributed by atoms with Gasteiger partial charge in [-0.25, -0.2) is 13.8 Å². The van der Waals surface area contributed by atoms with Crippen molar-refractivity contribution >= 4 is 61.3 Å². The standard InChI is InChI=1S/C22H18BrCl2N3O4S/c23-17-7-9-21(29)16(11-17)12-26-27-22(30)14-28(13-15-6-8-19(24)20(25)10-15)33(31,32)18-4-2-1-3-5-18/h1-12,29H,13-14H2,(H,27,30)/b26-12-. The number of benzene rings is 3. The van der Waals surface area contributed by atoms with Gasteiger partial charge in [-0.15, -0.1) is 0 Å². The van der Waals surface area contributed by atoms with E-state index >= 15 is 0 Å². The summed E-state index contributed by atoms with van der Waals surface area (Å²) in [5.41, 5.74) is 3.21. The number of nitrogens with one attached hydrogen (secondary N) is 1. The first-order chi connectivity index (χ1) is 15.7. The van der Waals surface area contributed by atoms with Gasteiger partial charge in [0.1, 0.15) is 5.75 Å². The molecular formula is C22H18BrCl2N3O4S. The molecule has 0 unspecified atom stereocenters. The fourth-order valence-electron chi connectivity index (χ4n) is 2.81. The van der Waals surface area contributed by atoms with Crippen LogP contribution in [0.2, 0.25) is 10.0 Å². The highest BCUT2D eigenvalue weighted by atomic mass is 79.9. The highest BCUT2D eigenvalue weighted by Gasteiger charge is 2.27. The fraction of sp³-hybridized carbons (Fsp3) is 0.0909. The lowest BCUT2D eigenvalue weighted by Crippen LogP contribution is -2.39. The lowest BCUT2D eigenvalue weighted by atomic mass is 10.2. The molecule has 3 rings (SSSR count). The van der Waals surface area contributed by atoms with Crippen LogP contribution in [0.5, 0.6) is 5.75 Å². The second-order valence-corrected chi connectivity index (χ2v) is 10.5. The van der Waals surface area contributed by atoms with E-state index in [1.54, 1.807) is 48.5 Å². The number of amides is 1. The molecule has 0 heterocycles. The molecule has 3 aromatic rings. The van der Waals surface area contributed by atoms with Crippen molar-refractivity contribution in [1.29, 1.82) is 0 Å². The van der Waals surface area contributed by atoms with Gasteiger partial charge in [0.25, 0.3) is 5.91 Å². The fourth-order valence-corrected chi connectivity index (χ4v) is 4.91. The van der Waals surface area contributed by atoms with Crippen molar-refractivity contribution in [3.63, 3.8) is 0 Å². The van der Waals surface area contributed by atoms with E-state index in [2.05, 4.69) is 26.5 Å². The molecule has 33 heavy (non-hydrogen) atoms. The lowest BCUT2D eigenvalue weighted by molar-refractivity contribution is -0.121. The number of phenols is 1. The van der Waals surface area contributed by atoms with E-state index < -0.39 is 22.5 Å². The summed E-state index contributed by atoms with van der Waals surface area (Å²) in [4.78, 5) is 12.6. The zero-order valence-electron chi connectivity index (χ0n) is 17.0. The van der Waals surface area contributed by atoms with Crippen molar-refractivity contribution in [3.8, 4) is 5.75 Å². The number of hydrogen-bond donors (Lipinski definition) is 2. The Morgan fingerprint density at radius 3 is 2.48 bits per heavy atom. The third kappa shape index (κ3) is 6.78. The summed E-state index contributed by atoms with van der Waals surface area (Å²) >= 11 is 15.3. The normalized spacial score (nSPS) is 11.8. The van der Waals surface area contributed by atoms with Crippen LogP contribution in [0.1, 0.15) is 11.1 Å². The third-order valence-electron chi connectivity index (χ3n) is 4.43. The number of halogens is 3. The predicted molar refractivity (Wildman–Crippen MR) is 132 cm³/mol. The maximum atomic E-state index is 13.2. The van der Waals surface area contributed by atoms with E-state index in [1.807, 2.05) is 0 Å². The zero-order valence-corrected chi connectivity index (χ0v) is 20.9. The number of sulfonamides is 1. The van der Waals surface area contributed by atoms with Crippen LogP contribution in [0.25, 0.3) is 0 Å². The van der Waals surface area contributed by atoms with Crippen molar-refractivity contribution in [3.05, 3.63) is 92.4 Å². The van der Waals surface area contributed by atoms with Gasteiger partial charge in [-0.3, -0.25) is 4.79 Å². The van der Waals surface area contributed by atoms with Crippen molar-refractivity contribution < 1.29 is 18.3 Å². The van der Waals surface area contributed by atoms with Gasteiger partial charge < -0.3 is 5.11 Å². The van der Waals surface area contributed by atoms with E-state index in [-0.39, 0.29) is 22.2 Å². The minimum atomic E-state index is -4.01. The molecule has 0 radical (unpaired) electrons. The highest BCUT2D eigenvalue weighted by Crippen LogP contribution is 2.25. The average Bonchev–Trinajstić information content (AvgIpc) is 2.78. The number of nitrogens with zero attached hydrogens (tertiary/aromatic N) is 2. The number of hydrazone groups is 1. The van der Waals surface area contributed by atoms with Gasteiger partial charge >= 0.3 is 0 Å². The highest BCUT2D eigenvalue weighted by molar-refractivity contribution is 9.10. The maximum Gasteiger partial charge on any atom is 0.255 e. The van der Waals surface area contributed by atoms with Crippen LogP contribution in [-0.4, -0.2) is 36.5 Å². The smallest absolute Gasteiger partial charge is 0.255 e. The molecule has 0 aliphatic carbocycles. The molecule has 3 aromatic carbocycles. The van der Waals surface area contributed by atoms with E-state index in [0.717, 1.165) is 8.78 Å². The largest absolute Gasteiger partial charge is 0.507 e. The number of hydrogen-bond acceptors (Lipinski definition) is 5. The molecule has 0 saturated heterocycles. The van der Waals surface area contributed by atoms with Crippen LogP contribution in [0.4, 0.5) is 0 Å². The Kier molecular flexibility index (Phi) is 8.50.